The summed E-state index contributed by atoms with van der Waals surface area (Å²) in [4.78, 5) is 42.2. The van der Waals surface area contributed by atoms with E-state index in [-0.39, 0.29) is 37.1 Å². The van der Waals surface area contributed by atoms with Crippen LogP contribution in [-0.2, 0) is 9.47 Å². The molecular formula is C21H26N2O6. The number of rotatable bonds is 9. The standard InChI is InChI=1S/C21H26N2O6/c1-13-18(14(2)22-19(13)21(26)29-5)17(24)12-23(9-10-27-3)20(25)15-7-6-8-16(11-15)28-4/h6-8,11,22H,9-10,12H2,1-5H3. The van der Waals surface area contributed by atoms with Gasteiger partial charge in [-0.1, -0.05) is 6.07 Å². The first-order chi connectivity index (χ1) is 13.8. The van der Waals surface area contributed by atoms with Gasteiger partial charge in [0.2, 0.25) is 0 Å². The molecule has 8 heteroatoms. The number of ether oxygens (including phenoxy) is 3. The third-order valence-electron chi connectivity index (χ3n) is 4.61. The summed E-state index contributed by atoms with van der Waals surface area (Å²) in [6.07, 6.45) is 0. The van der Waals surface area contributed by atoms with E-state index in [4.69, 9.17) is 14.2 Å². The smallest absolute Gasteiger partial charge is 0.354 e. The largest absolute Gasteiger partial charge is 0.497 e. The lowest BCUT2D eigenvalue weighted by molar-refractivity contribution is 0.0593. The molecule has 2 aromatic rings. The number of Topliss-reactive ketones (excluding diaryl/α,β-unsaturated/α-hetero) is 1. The Morgan fingerprint density at radius 3 is 2.45 bits per heavy atom. The monoisotopic (exact) mass is 402 g/mol. The molecule has 0 unspecified atom stereocenters. The number of carbonyl (C=O) groups excluding carboxylic acids is 3. The molecule has 0 saturated carbocycles. The maximum absolute atomic E-state index is 13.0. The van der Waals surface area contributed by atoms with Crippen LogP contribution in [-0.4, -0.2) is 68.6 Å². The van der Waals surface area contributed by atoms with Gasteiger partial charge in [-0.3, -0.25) is 9.59 Å². The second-order valence-electron chi connectivity index (χ2n) is 6.49. The number of aromatic amines is 1. The fourth-order valence-corrected chi connectivity index (χ4v) is 3.12. The number of aromatic nitrogens is 1. The number of carbonyl (C=O) groups is 3. The van der Waals surface area contributed by atoms with Crippen molar-refractivity contribution in [2.45, 2.75) is 13.8 Å². The maximum Gasteiger partial charge on any atom is 0.354 e. The summed E-state index contributed by atoms with van der Waals surface area (Å²) < 4.78 is 15.0. The molecule has 2 rings (SSSR count). The fourth-order valence-electron chi connectivity index (χ4n) is 3.12. The summed E-state index contributed by atoms with van der Waals surface area (Å²) in [5, 5.41) is 0. The number of hydrogen-bond acceptors (Lipinski definition) is 6. The molecule has 1 aromatic carbocycles. The van der Waals surface area contributed by atoms with E-state index in [0.717, 1.165) is 0 Å². The van der Waals surface area contributed by atoms with Crippen LogP contribution in [0.3, 0.4) is 0 Å². The van der Waals surface area contributed by atoms with Crippen molar-refractivity contribution in [2.75, 3.05) is 41.0 Å². The lowest BCUT2D eigenvalue weighted by Crippen LogP contribution is -2.38. The third-order valence-corrected chi connectivity index (χ3v) is 4.61. The molecule has 1 N–H and O–H groups in total. The van der Waals surface area contributed by atoms with E-state index in [1.54, 1.807) is 38.1 Å². The Bertz CT molecular complexity index is 903. The first-order valence-corrected chi connectivity index (χ1v) is 9.07. The first kappa shape index (κ1) is 22.2. The summed E-state index contributed by atoms with van der Waals surface area (Å²) in [6.45, 7) is 3.74. The van der Waals surface area contributed by atoms with E-state index >= 15 is 0 Å². The van der Waals surface area contributed by atoms with Gasteiger partial charge in [-0.15, -0.1) is 0 Å². The molecule has 156 valence electrons. The van der Waals surface area contributed by atoms with Gasteiger partial charge in [-0.2, -0.15) is 0 Å². The number of amides is 1. The van der Waals surface area contributed by atoms with Crippen molar-refractivity contribution in [2.24, 2.45) is 0 Å². The molecule has 0 bridgehead atoms. The highest BCUT2D eigenvalue weighted by Crippen LogP contribution is 2.20. The normalized spacial score (nSPS) is 10.5. The van der Waals surface area contributed by atoms with Crippen LogP contribution in [0.5, 0.6) is 5.75 Å². The second kappa shape index (κ2) is 9.88. The van der Waals surface area contributed by atoms with Crippen molar-refractivity contribution >= 4 is 17.7 Å². The van der Waals surface area contributed by atoms with E-state index in [1.165, 1.54) is 26.2 Å². The molecule has 1 heterocycles. The van der Waals surface area contributed by atoms with E-state index in [9.17, 15) is 14.4 Å². The SMILES string of the molecule is COCCN(CC(=O)c1c(C)[nH]c(C(=O)OC)c1C)C(=O)c1cccc(OC)c1. The average molecular weight is 402 g/mol. The predicted molar refractivity (Wildman–Crippen MR) is 107 cm³/mol. The zero-order valence-corrected chi connectivity index (χ0v) is 17.3. The van der Waals surface area contributed by atoms with Crippen molar-refractivity contribution in [3.8, 4) is 5.75 Å². The number of ketones is 1. The summed E-state index contributed by atoms with van der Waals surface area (Å²) in [5.74, 6) is -0.589. The van der Waals surface area contributed by atoms with Gasteiger partial charge in [0.25, 0.3) is 5.91 Å². The van der Waals surface area contributed by atoms with Crippen molar-refractivity contribution in [1.29, 1.82) is 0 Å². The molecule has 1 amide bonds. The minimum Gasteiger partial charge on any atom is -0.497 e. The van der Waals surface area contributed by atoms with Crippen LogP contribution >= 0.6 is 0 Å². The van der Waals surface area contributed by atoms with Gasteiger partial charge in [-0.05, 0) is 37.6 Å². The van der Waals surface area contributed by atoms with Crippen LogP contribution in [0.25, 0.3) is 0 Å². The number of methoxy groups -OCH3 is 3. The zero-order chi connectivity index (χ0) is 21.6. The first-order valence-electron chi connectivity index (χ1n) is 9.07. The molecule has 0 spiro atoms. The Balaban J connectivity index is 2.30. The van der Waals surface area contributed by atoms with Crippen molar-refractivity contribution in [3.63, 3.8) is 0 Å². The Labute approximate surface area is 169 Å². The highest BCUT2D eigenvalue weighted by atomic mass is 16.5. The molecule has 0 atom stereocenters. The summed E-state index contributed by atoms with van der Waals surface area (Å²) in [6, 6.07) is 6.74. The maximum atomic E-state index is 13.0. The second-order valence-corrected chi connectivity index (χ2v) is 6.49. The summed E-state index contributed by atoms with van der Waals surface area (Å²) >= 11 is 0. The topological polar surface area (TPSA) is 97.9 Å². The van der Waals surface area contributed by atoms with Crippen LogP contribution in [0, 0.1) is 13.8 Å². The lowest BCUT2D eigenvalue weighted by Gasteiger charge is -2.22. The highest BCUT2D eigenvalue weighted by Gasteiger charge is 2.26. The van der Waals surface area contributed by atoms with Crippen LogP contribution in [0.2, 0.25) is 0 Å². The van der Waals surface area contributed by atoms with E-state index in [0.29, 0.717) is 28.1 Å². The number of nitrogens with one attached hydrogen (secondary N) is 1. The minimum atomic E-state index is -0.548. The number of benzene rings is 1. The van der Waals surface area contributed by atoms with E-state index in [1.807, 2.05) is 0 Å². The van der Waals surface area contributed by atoms with Gasteiger partial charge in [0.05, 0.1) is 27.4 Å². The molecule has 0 fully saturated rings. The van der Waals surface area contributed by atoms with Gasteiger partial charge in [-0.25, -0.2) is 4.79 Å². The van der Waals surface area contributed by atoms with Gasteiger partial charge in [0.1, 0.15) is 11.4 Å². The van der Waals surface area contributed by atoms with E-state index < -0.39 is 5.97 Å². The Morgan fingerprint density at radius 2 is 1.83 bits per heavy atom. The number of esters is 1. The number of nitrogens with zero attached hydrogens (tertiary/aromatic N) is 1. The third kappa shape index (κ3) is 5.03. The molecule has 0 aliphatic heterocycles. The molecule has 0 aliphatic carbocycles. The molecule has 0 radical (unpaired) electrons. The average Bonchev–Trinajstić information content (AvgIpc) is 3.03. The predicted octanol–water partition coefficient (Wildman–Crippen LogP) is 2.40. The Kier molecular flexibility index (Phi) is 7.55. The van der Waals surface area contributed by atoms with E-state index in [2.05, 4.69) is 4.98 Å². The summed E-state index contributed by atoms with van der Waals surface area (Å²) in [5.41, 5.74) is 2.07. The van der Waals surface area contributed by atoms with Gasteiger partial charge in [0, 0.05) is 30.5 Å². The van der Waals surface area contributed by atoms with Crippen LogP contribution < -0.4 is 4.74 Å². The van der Waals surface area contributed by atoms with Gasteiger partial charge >= 0.3 is 5.97 Å². The van der Waals surface area contributed by atoms with Gasteiger partial charge < -0.3 is 24.1 Å². The number of aryl methyl sites for hydroxylation is 1. The van der Waals surface area contributed by atoms with Crippen molar-refractivity contribution < 1.29 is 28.6 Å². The Morgan fingerprint density at radius 1 is 1.10 bits per heavy atom. The highest BCUT2D eigenvalue weighted by molar-refractivity contribution is 6.05. The van der Waals surface area contributed by atoms with Crippen LogP contribution in [0.1, 0.15) is 42.5 Å². The summed E-state index contributed by atoms with van der Waals surface area (Å²) in [7, 11) is 4.32. The van der Waals surface area contributed by atoms with Crippen LogP contribution in [0.4, 0.5) is 0 Å². The molecule has 0 saturated heterocycles. The molecule has 29 heavy (non-hydrogen) atoms. The van der Waals surface area contributed by atoms with Crippen molar-refractivity contribution in [1.82, 2.24) is 9.88 Å². The zero-order valence-electron chi connectivity index (χ0n) is 17.3. The fraction of sp³-hybridized carbons (Fsp3) is 0.381. The lowest BCUT2D eigenvalue weighted by atomic mass is 10.0. The number of hydrogen-bond donors (Lipinski definition) is 1. The molecule has 0 aliphatic rings. The molecule has 1 aromatic heterocycles. The molecular weight excluding hydrogens is 376 g/mol. The quantitative estimate of drug-likeness (QED) is 0.511. The van der Waals surface area contributed by atoms with Gasteiger partial charge in [0.15, 0.2) is 5.78 Å². The molecule has 8 nitrogen and oxygen atoms in total. The number of H-pyrrole nitrogens is 1. The minimum absolute atomic E-state index is 0.153. The van der Waals surface area contributed by atoms with Crippen LogP contribution in [0.15, 0.2) is 24.3 Å². The van der Waals surface area contributed by atoms with Crippen molar-refractivity contribution in [3.05, 3.63) is 52.3 Å². The Hall–Kier alpha value is -3.13.